The number of rotatable bonds is 11. The molecule has 0 amide bonds. The van der Waals surface area contributed by atoms with Crippen LogP contribution in [0.4, 0.5) is 0 Å². The molecule has 0 aliphatic heterocycles. The Hall–Kier alpha value is -0.700. The van der Waals surface area contributed by atoms with E-state index in [1.165, 1.54) is 0 Å². The molecule has 106 valence electrons. The van der Waals surface area contributed by atoms with E-state index < -0.39 is 0 Å². The first-order valence-corrected chi connectivity index (χ1v) is 7.05. The second kappa shape index (κ2) is 10.2. The highest BCUT2D eigenvalue weighted by molar-refractivity contribution is 5.86. The van der Waals surface area contributed by atoms with Crippen molar-refractivity contribution in [2.75, 3.05) is 13.2 Å². The van der Waals surface area contributed by atoms with E-state index in [9.17, 15) is 9.59 Å². The van der Waals surface area contributed by atoms with Crippen LogP contribution >= 0.6 is 0 Å². The molecule has 0 fully saturated rings. The average molecular weight is 256 g/mol. The molecule has 0 saturated carbocycles. The van der Waals surface area contributed by atoms with Gasteiger partial charge in [0.15, 0.2) is 0 Å². The standard InChI is InChI=1S/C15H28O3/c1-12(2)9-11-18-10-5-6-14(16)7-8-15(17)13(3)4/h12-13H,5-11H2,1-4H3. The summed E-state index contributed by atoms with van der Waals surface area (Å²) in [5.41, 5.74) is 0. The quantitative estimate of drug-likeness (QED) is 0.532. The maximum absolute atomic E-state index is 11.5. The average Bonchev–Trinajstić information content (AvgIpc) is 2.29. The van der Waals surface area contributed by atoms with Crippen LogP contribution in [0.1, 0.15) is 59.8 Å². The largest absolute Gasteiger partial charge is 0.381 e. The third kappa shape index (κ3) is 10.5. The summed E-state index contributed by atoms with van der Waals surface area (Å²) in [6.07, 6.45) is 3.16. The molecule has 0 radical (unpaired) electrons. The van der Waals surface area contributed by atoms with Gasteiger partial charge in [-0.15, -0.1) is 0 Å². The molecule has 0 aliphatic rings. The Bertz CT molecular complexity index is 244. The summed E-state index contributed by atoms with van der Waals surface area (Å²) in [5.74, 6) is 1.05. The van der Waals surface area contributed by atoms with Crippen LogP contribution in [0.3, 0.4) is 0 Å². The Morgan fingerprint density at radius 3 is 2.17 bits per heavy atom. The molecule has 0 heterocycles. The Morgan fingerprint density at radius 2 is 1.61 bits per heavy atom. The van der Waals surface area contributed by atoms with Gasteiger partial charge in [-0.1, -0.05) is 27.7 Å². The van der Waals surface area contributed by atoms with Crippen molar-refractivity contribution < 1.29 is 14.3 Å². The molecular weight excluding hydrogens is 228 g/mol. The number of ether oxygens (including phenoxy) is 1. The van der Waals surface area contributed by atoms with Gasteiger partial charge in [0.25, 0.3) is 0 Å². The van der Waals surface area contributed by atoms with Crippen LogP contribution in [0, 0.1) is 11.8 Å². The zero-order valence-electron chi connectivity index (χ0n) is 12.3. The molecule has 0 aromatic carbocycles. The van der Waals surface area contributed by atoms with Gasteiger partial charge < -0.3 is 4.74 Å². The normalized spacial score (nSPS) is 11.2. The van der Waals surface area contributed by atoms with Crippen molar-refractivity contribution in [2.45, 2.75) is 59.8 Å². The van der Waals surface area contributed by atoms with Crippen LogP contribution in [-0.2, 0) is 14.3 Å². The lowest BCUT2D eigenvalue weighted by molar-refractivity contribution is -0.126. The number of Topliss-reactive ketones (excluding diaryl/α,β-unsaturated/α-hetero) is 2. The van der Waals surface area contributed by atoms with Crippen molar-refractivity contribution in [1.29, 1.82) is 0 Å². The van der Waals surface area contributed by atoms with Gasteiger partial charge >= 0.3 is 0 Å². The first kappa shape index (κ1) is 17.3. The molecule has 0 saturated heterocycles. The van der Waals surface area contributed by atoms with Gasteiger partial charge in [-0.05, 0) is 18.8 Å². The Kier molecular flexibility index (Phi) is 9.85. The minimum absolute atomic E-state index is 0.0390. The van der Waals surface area contributed by atoms with Crippen molar-refractivity contribution in [3.05, 3.63) is 0 Å². The van der Waals surface area contributed by atoms with Crippen LogP contribution in [0.2, 0.25) is 0 Å². The minimum atomic E-state index is 0.0390. The van der Waals surface area contributed by atoms with Crippen LogP contribution < -0.4 is 0 Å². The monoisotopic (exact) mass is 256 g/mol. The van der Waals surface area contributed by atoms with Crippen molar-refractivity contribution in [2.24, 2.45) is 11.8 Å². The second-order valence-electron chi connectivity index (χ2n) is 5.56. The molecule has 0 aromatic rings. The molecule has 0 rings (SSSR count). The summed E-state index contributed by atoms with van der Waals surface area (Å²) in [4.78, 5) is 22.9. The lowest BCUT2D eigenvalue weighted by Gasteiger charge is -2.06. The highest BCUT2D eigenvalue weighted by atomic mass is 16.5. The van der Waals surface area contributed by atoms with Gasteiger partial charge in [0, 0.05) is 38.4 Å². The van der Waals surface area contributed by atoms with Gasteiger partial charge in [0.1, 0.15) is 11.6 Å². The smallest absolute Gasteiger partial charge is 0.135 e. The number of hydrogen-bond acceptors (Lipinski definition) is 3. The van der Waals surface area contributed by atoms with Gasteiger partial charge in [0.2, 0.25) is 0 Å². The molecule has 0 unspecified atom stereocenters. The first-order chi connectivity index (χ1) is 8.43. The summed E-state index contributed by atoms with van der Waals surface area (Å²) in [6, 6.07) is 0. The highest BCUT2D eigenvalue weighted by Crippen LogP contribution is 2.05. The molecule has 18 heavy (non-hydrogen) atoms. The third-order valence-electron chi connectivity index (χ3n) is 2.88. The van der Waals surface area contributed by atoms with E-state index in [4.69, 9.17) is 4.74 Å². The Morgan fingerprint density at radius 1 is 0.944 bits per heavy atom. The summed E-state index contributed by atoms with van der Waals surface area (Å²) in [5, 5.41) is 0. The molecule has 3 nitrogen and oxygen atoms in total. The fourth-order valence-electron chi connectivity index (χ4n) is 1.47. The topological polar surface area (TPSA) is 43.4 Å². The van der Waals surface area contributed by atoms with E-state index in [1.54, 1.807) is 0 Å². The molecule has 0 N–H and O–H groups in total. The van der Waals surface area contributed by atoms with E-state index in [0.717, 1.165) is 19.4 Å². The lowest BCUT2D eigenvalue weighted by Crippen LogP contribution is -2.10. The molecule has 0 aliphatic carbocycles. The Balaban J connectivity index is 3.40. The van der Waals surface area contributed by atoms with Crippen LogP contribution in [-0.4, -0.2) is 24.8 Å². The van der Waals surface area contributed by atoms with Crippen LogP contribution in [0.25, 0.3) is 0 Å². The molecule has 3 heteroatoms. The maximum Gasteiger partial charge on any atom is 0.135 e. The van der Waals surface area contributed by atoms with Crippen molar-refractivity contribution in [3.63, 3.8) is 0 Å². The van der Waals surface area contributed by atoms with E-state index in [-0.39, 0.29) is 17.5 Å². The van der Waals surface area contributed by atoms with Gasteiger partial charge in [-0.25, -0.2) is 0 Å². The molecule has 0 spiro atoms. The highest BCUT2D eigenvalue weighted by Gasteiger charge is 2.10. The number of ketones is 2. The zero-order valence-corrected chi connectivity index (χ0v) is 12.3. The molecule has 0 bridgehead atoms. The second-order valence-corrected chi connectivity index (χ2v) is 5.56. The third-order valence-corrected chi connectivity index (χ3v) is 2.88. The molecule has 0 atom stereocenters. The lowest BCUT2D eigenvalue weighted by atomic mass is 10.0. The first-order valence-electron chi connectivity index (χ1n) is 7.05. The number of carbonyl (C=O) groups excluding carboxylic acids is 2. The summed E-state index contributed by atoms with van der Waals surface area (Å²) in [7, 11) is 0. The fraction of sp³-hybridized carbons (Fsp3) is 0.867. The predicted octanol–water partition coefficient (Wildman–Crippen LogP) is 3.40. The van der Waals surface area contributed by atoms with Gasteiger partial charge in [-0.2, -0.15) is 0 Å². The molecule has 0 aromatic heterocycles. The SMILES string of the molecule is CC(C)CCOCCCC(=O)CCC(=O)C(C)C. The summed E-state index contributed by atoms with van der Waals surface area (Å²) in [6.45, 7) is 9.50. The van der Waals surface area contributed by atoms with Crippen molar-refractivity contribution >= 4 is 11.6 Å². The fourth-order valence-corrected chi connectivity index (χ4v) is 1.47. The summed E-state index contributed by atoms with van der Waals surface area (Å²) >= 11 is 0. The predicted molar refractivity (Wildman–Crippen MR) is 73.6 cm³/mol. The van der Waals surface area contributed by atoms with Crippen molar-refractivity contribution in [1.82, 2.24) is 0 Å². The minimum Gasteiger partial charge on any atom is -0.381 e. The summed E-state index contributed by atoms with van der Waals surface area (Å²) < 4.78 is 5.44. The van der Waals surface area contributed by atoms with Crippen LogP contribution in [0.5, 0.6) is 0 Å². The number of carbonyl (C=O) groups is 2. The van der Waals surface area contributed by atoms with Crippen LogP contribution in [0.15, 0.2) is 0 Å². The zero-order chi connectivity index (χ0) is 14.0. The van der Waals surface area contributed by atoms with E-state index in [0.29, 0.717) is 31.8 Å². The van der Waals surface area contributed by atoms with Crippen molar-refractivity contribution in [3.8, 4) is 0 Å². The Labute approximate surface area is 111 Å². The van der Waals surface area contributed by atoms with Gasteiger partial charge in [0.05, 0.1) is 0 Å². The maximum atomic E-state index is 11.5. The van der Waals surface area contributed by atoms with Gasteiger partial charge in [-0.3, -0.25) is 9.59 Å². The number of hydrogen-bond donors (Lipinski definition) is 0. The van der Waals surface area contributed by atoms with E-state index in [2.05, 4.69) is 13.8 Å². The molecular formula is C15H28O3. The van der Waals surface area contributed by atoms with E-state index in [1.807, 2.05) is 13.8 Å². The van der Waals surface area contributed by atoms with E-state index >= 15 is 0 Å².